The molecule has 6 heteroatoms. The lowest BCUT2D eigenvalue weighted by atomic mass is 10.1. The number of benzene rings is 2. The molecule has 0 saturated carbocycles. The molecule has 2 aromatic heterocycles. The normalized spacial score (nSPS) is 12.5. The fourth-order valence-corrected chi connectivity index (χ4v) is 3.03. The van der Waals surface area contributed by atoms with Crippen LogP contribution in [0.3, 0.4) is 0 Å². The first-order valence-electron chi connectivity index (χ1n) is 8.54. The van der Waals surface area contributed by atoms with Gasteiger partial charge in [-0.25, -0.2) is 0 Å². The lowest BCUT2D eigenvalue weighted by molar-refractivity contribution is 0.0290. The van der Waals surface area contributed by atoms with E-state index in [1.54, 1.807) is 12.7 Å². The van der Waals surface area contributed by atoms with Gasteiger partial charge in [0.2, 0.25) is 0 Å². The number of aromatic amines is 1. The number of rotatable bonds is 7. The molecule has 26 heavy (non-hydrogen) atoms. The number of hydrogen-bond donors (Lipinski definition) is 2. The molecule has 0 bridgehead atoms. The van der Waals surface area contributed by atoms with Gasteiger partial charge in [-0.3, -0.25) is 4.57 Å². The number of aromatic nitrogens is 4. The highest BCUT2D eigenvalue weighted by atomic mass is 16.5. The van der Waals surface area contributed by atoms with Crippen molar-refractivity contribution >= 4 is 10.9 Å². The van der Waals surface area contributed by atoms with E-state index in [2.05, 4.69) is 21.2 Å². The van der Waals surface area contributed by atoms with E-state index < -0.39 is 6.10 Å². The average molecular weight is 348 g/mol. The van der Waals surface area contributed by atoms with Crippen molar-refractivity contribution in [3.05, 3.63) is 78.5 Å². The topological polar surface area (TPSA) is 76.0 Å². The summed E-state index contributed by atoms with van der Waals surface area (Å²) in [7, 11) is 0. The number of fused-ring (bicyclic) bond motifs is 1. The van der Waals surface area contributed by atoms with Crippen LogP contribution in [-0.4, -0.2) is 37.6 Å². The first kappa shape index (κ1) is 16.5. The zero-order valence-electron chi connectivity index (χ0n) is 14.2. The molecule has 0 spiro atoms. The van der Waals surface area contributed by atoms with Crippen molar-refractivity contribution in [2.45, 2.75) is 19.1 Å². The smallest absolute Gasteiger partial charge is 0.123 e. The van der Waals surface area contributed by atoms with Gasteiger partial charge in [0.25, 0.3) is 0 Å². The first-order chi connectivity index (χ1) is 12.8. The third-order valence-corrected chi connectivity index (χ3v) is 4.35. The number of nitrogens with one attached hydrogen (secondary N) is 1. The molecule has 2 N–H and O–H groups in total. The lowest BCUT2D eigenvalue weighted by Gasteiger charge is -2.11. The molecular formula is C20H20N4O2. The quantitative estimate of drug-likeness (QED) is 0.538. The Morgan fingerprint density at radius 1 is 1.08 bits per heavy atom. The van der Waals surface area contributed by atoms with Gasteiger partial charge >= 0.3 is 0 Å². The van der Waals surface area contributed by atoms with E-state index in [0.29, 0.717) is 19.6 Å². The van der Waals surface area contributed by atoms with Gasteiger partial charge in [0.05, 0.1) is 19.3 Å². The molecule has 0 radical (unpaired) electrons. The van der Waals surface area contributed by atoms with Crippen LogP contribution in [-0.2, 0) is 17.8 Å². The van der Waals surface area contributed by atoms with Gasteiger partial charge < -0.3 is 14.8 Å². The molecule has 0 aliphatic rings. The second-order valence-corrected chi connectivity index (χ2v) is 6.27. The van der Waals surface area contributed by atoms with Crippen LogP contribution in [0.1, 0.15) is 11.1 Å². The monoisotopic (exact) mass is 348 g/mol. The Morgan fingerprint density at radius 3 is 2.69 bits per heavy atom. The Bertz CT molecular complexity index is 964. The van der Waals surface area contributed by atoms with E-state index in [1.807, 2.05) is 53.2 Å². The highest BCUT2D eigenvalue weighted by molar-refractivity contribution is 5.85. The predicted octanol–water partition coefficient (Wildman–Crippen LogP) is 2.87. The summed E-state index contributed by atoms with van der Waals surface area (Å²) in [6, 6.07) is 16.1. The number of nitrogens with zero attached hydrogens (tertiary/aromatic N) is 3. The third kappa shape index (κ3) is 3.66. The summed E-state index contributed by atoms with van der Waals surface area (Å²) in [5.41, 5.74) is 4.18. The summed E-state index contributed by atoms with van der Waals surface area (Å²) < 4.78 is 7.50. The molecule has 132 valence electrons. The van der Waals surface area contributed by atoms with E-state index in [0.717, 1.165) is 27.7 Å². The Balaban J connectivity index is 1.42. The number of aliphatic hydroxyl groups excluding tert-OH is 1. The molecule has 2 heterocycles. The number of H-pyrrole nitrogens is 1. The summed E-state index contributed by atoms with van der Waals surface area (Å²) in [5.74, 6) is 0. The number of ether oxygens (including phenoxy) is 1. The summed E-state index contributed by atoms with van der Waals surface area (Å²) in [6.07, 6.45) is 5.25. The maximum absolute atomic E-state index is 10.3. The minimum absolute atomic E-state index is 0.298. The van der Waals surface area contributed by atoms with Gasteiger partial charge in [0.1, 0.15) is 12.7 Å². The standard InChI is InChI=1S/C20H20N4O2/c25-18(12-26-11-15-4-2-1-3-5-15)8-16-10-21-20-7-6-17(9-19(16)20)24-13-22-23-14-24/h1-7,9-10,13-14,18,21,25H,8,11-12H2/t18-/m0/s1. The zero-order chi connectivity index (χ0) is 17.8. The van der Waals surface area contributed by atoms with Crippen molar-refractivity contribution in [3.63, 3.8) is 0 Å². The van der Waals surface area contributed by atoms with Gasteiger partial charge in [0.15, 0.2) is 0 Å². The van der Waals surface area contributed by atoms with Crippen LogP contribution < -0.4 is 0 Å². The second kappa shape index (κ2) is 7.51. The lowest BCUT2D eigenvalue weighted by Crippen LogP contribution is -2.18. The highest BCUT2D eigenvalue weighted by Crippen LogP contribution is 2.23. The van der Waals surface area contributed by atoms with E-state index in [9.17, 15) is 5.11 Å². The SMILES string of the molecule is O[C@H](COCc1ccccc1)Cc1c[nH]c2ccc(-n3cnnc3)cc12. The van der Waals surface area contributed by atoms with Crippen LogP contribution in [0.15, 0.2) is 67.4 Å². The largest absolute Gasteiger partial charge is 0.390 e. The Kier molecular flexibility index (Phi) is 4.77. The summed E-state index contributed by atoms with van der Waals surface area (Å²) in [6.45, 7) is 0.802. The van der Waals surface area contributed by atoms with Gasteiger partial charge in [0, 0.05) is 29.2 Å². The van der Waals surface area contributed by atoms with Crippen molar-refractivity contribution in [2.24, 2.45) is 0 Å². The molecule has 0 fully saturated rings. The minimum atomic E-state index is -0.559. The fraction of sp³-hybridized carbons (Fsp3) is 0.200. The molecule has 0 aliphatic heterocycles. The Hall–Kier alpha value is -2.96. The summed E-state index contributed by atoms with van der Waals surface area (Å²) in [4.78, 5) is 3.26. The molecule has 6 nitrogen and oxygen atoms in total. The predicted molar refractivity (Wildman–Crippen MR) is 99.0 cm³/mol. The van der Waals surface area contributed by atoms with E-state index >= 15 is 0 Å². The zero-order valence-corrected chi connectivity index (χ0v) is 14.2. The number of hydrogen-bond acceptors (Lipinski definition) is 4. The Morgan fingerprint density at radius 2 is 1.88 bits per heavy atom. The van der Waals surface area contributed by atoms with Gasteiger partial charge in [-0.2, -0.15) is 0 Å². The van der Waals surface area contributed by atoms with Crippen molar-refractivity contribution in [3.8, 4) is 5.69 Å². The third-order valence-electron chi connectivity index (χ3n) is 4.35. The van der Waals surface area contributed by atoms with Crippen molar-refractivity contribution in [1.29, 1.82) is 0 Å². The second-order valence-electron chi connectivity index (χ2n) is 6.27. The van der Waals surface area contributed by atoms with Crippen molar-refractivity contribution in [2.75, 3.05) is 6.61 Å². The maximum Gasteiger partial charge on any atom is 0.123 e. The Labute approximate surface area is 151 Å². The molecule has 1 atom stereocenters. The van der Waals surface area contributed by atoms with Crippen LogP contribution in [0, 0.1) is 0 Å². The average Bonchev–Trinajstić information content (AvgIpc) is 3.33. The molecule has 4 rings (SSSR count). The van der Waals surface area contributed by atoms with Crippen LogP contribution in [0.4, 0.5) is 0 Å². The summed E-state index contributed by atoms with van der Waals surface area (Å²) in [5, 5.41) is 19.1. The molecule has 0 saturated heterocycles. The van der Waals surface area contributed by atoms with Crippen LogP contribution in [0.2, 0.25) is 0 Å². The van der Waals surface area contributed by atoms with Gasteiger partial charge in [-0.15, -0.1) is 10.2 Å². The number of aliphatic hydroxyl groups is 1. The van der Waals surface area contributed by atoms with Crippen molar-refractivity contribution < 1.29 is 9.84 Å². The van der Waals surface area contributed by atoms with E-state index in [4.69, 9.17) is 4.74 Å². The van der Waals surface area contributed by atoms with E-state index in [-0.39, 0.29) is 0 Å². The fourth-order valence-electron chi connectivity index (χ4n) is 3.03. The summed E-state index contributed by atoms with van der Waals surface area (Å²) >= 11 is 0. The highest BCUT2D eigenvalue weighted by Gasteiger charge is 2.11. The maximum atomic E-state index is 10.3. The van der Waals surface area contributed by atoms with Crippen LogP contribution >= 0.6 is 0 Å². The molecule has 0 amide bonds. The molecule has 4 aromatic rings. The molecular weight excluding hydrogens is 328 g/mol. The van der Waals surface area contributed by atoms with Crippen LogP contribution in [0.25, 0.3) is 16.6 Å². The molecule has 2 aromatic carbocycles. The molecule has 0 unspecified atom stereocenters. The van der Waals surface area contributed by atoms with Gasteiger partial charge in [-0.05, 0) is 29.3 Å². The first-order valence-corrected chi connectivity index (χ1v) is 8.54. The van der Waals surface area contributed by atoms with E-state index in [1.165, 1.54) is 0 Å². The van der Waals surface area contributed by atoms with Crippen molar-refractivity contribution in [1.82, 2.24) is 19.7 Å². The minimum Gasteiger partial charge on any atom is -0.390 e. The van der Waals surface area contributed by atoms with Gasteiger partial charge in [-0.1, -0.05) is 30.3 Å². The van der Waals surface area contributed by atoms with Crippen LogP contribution in [0.5, 0.6) is 0 Å². The molecule has 0 aliphatic carbocycles.